The molecule has 280 valence electrons. The first kappa shape index (κ1) is 37.2. The summed E-state index contributed by atoms with van der Waals surface area (Å²) in [6, 6.07) is 26.2. The number of rotatable bonds is 13. The van der Waals surface area contributed by atoms with Crippen LogP contribution in [0.4, 0.5) is 10.6 Å². The number of hydrogen-bond acceptors (Lipinski definition) is 9. The highest BCUT2D eigenvalue weighted by atomic mass is 35.5. The topological polar surface area (TPSA) is 131 Å². The van der Waals surface area contributed by atoms with Gasteiger partial charge in [0.25, 0.3) is 0 Å². The van der Waals surface area contributed by atoms with Gasteiger partial charge in [-0.3, -0.25) is 14.6 Å². The molecule has 14 heteroatoms. The van der Waals surface area contributed by atoms with Crippen molar-refractivity contribution in [3.8, 4) is 28.6 Å². The fourth-order valence-electron chi connectivity index (χ4n) is 5.99. The number of carbonyl (C=O) groups excluding carboxylic acids is 1. The zero-order valence-electron chi connectivity index (χ0n) is 30.5. The van der Waals surface area contributed by atoms with Crippen LogP contribution in [-0.4, -0.2) is 79.9 Å². The lowest BCUT2D eigenvalue weighted by Gasteiger charge is -2.26. The van der Waals surface area contributed by atoms with E-state index in [4.69, 9.17) is 26.2 Å². The molecule has 1 aliphatic heterocycles. The van der Waals surface area contributed by atoms with Crippen molar-refractivity contribution in [3.63, 3.8) is 0 Å². The van der Waals surface area contributed by atoms with Crippen molar-refractivity contribution in [1.82, 2.24) is 34.6 Å². The highest BCUT2D eigenvalue weighted by molar-refractivity contribution is 7.99. The Labute approximate surface area is 323 Å². The highest BCUT2D eigenvalue weighted by Crippen LogP contribution is 2.34. The SMILES string of the molecule is CCC(C)(C)c1cc(NC(=O)NCc2ccccc2Sc2ccc3nnc(-c4cccc(OCCN5CCOCC5)c4)n3c2)n(-c2ccc(Cl)c(O)c2)n1. The van der Waals surface area contributed by atoms with Crippen LogP contribution in [0.3, 0.4) is 0 Å². The zero-order chi connectivity index (χ0) is 37.7. The van der Waals surface area contributed by atoms with Crippen molar-refractivity contribution in [3.05, 3.63) is 107 Å². The first-order valence-corrected chi connectivity index (χ1v) is 19.1. The second-order valence-corrected chi connectivity index (χ2v) is 15.2. The number of fused-ring (bicyclic) bond motifs is 1. The molecule has 3 aromatic heterocycles. The average Bonchev–Trinajstić information content (AvgIpc) is 3.81. The van der Waals surface area contributed by atoms with Gasteiger partial charge in [0.15, 0.2) is 11.5 Å². The van der Waals surface area contributed by atoms with Gasteiger partial charge in [0, 0.05) is 65.3 Å². The summed E-state index contributed by atoms with van der Waals surface area (Å²) in [4.78, 5) is 17.7. The van der Waals surface area contributed by atoms with Gasteiger partial charge in [-0.1, -0.05) is 74.5 Å². The van der Waals surface area contributed by atoms with Gasteiger partial charge in [-0.25, -0.2) is 9.48 Å². The molecule has 6 aromatic rings. The van der Waals surface area contributed by atoms with Crippen LogP contribution in [0.15, 0.2) is 101 Å². The minimum absolute atomic E-state index is 0.0698. The van der Waals surface area contributed by atoms with Crippen LogP contribution in [-0.2, 0) is 16.7 Å². The number of urea groups is 1. The highest BCUT2D eigenvalue weighted by Gasteiger charge is 2.25. The van der Waals surface area contributed by atoms with Crippen LogP contribution in [0.5, 0.6) is 11.5 Å². The lowest BCUT2D eigenvalue weighted by molar-refractivity contribution is 0.0322. The number of nitrogens with one attached hydrogen (secondary N) is 2. The second-order valence-electron chi connectivity index (χ2n) is 13.7. The second kappa shape index (κ2) is 16.5. The molecule has 3 N–H and O–H groups in total. The average molecular weight is 767 g/mol. The monoisotopic (exact) mass is 766 g/mol. The molecule has 0 saturated carbocycles. The third-order valence-corrected chi connectivity index (χ3v) is 11.0. The molecule has 4 heterocycles. The van der Waals surface area contributed by atoms with Crippen molar-refractivity contribution >= 4 is 40.9 Å². The zero-order valence-corrected chi connectivity index (χ0v) is 32.0. The Bertz CT molecular complexity index is 2250. The van der Waals surface area contributed by atoms with E-state index < -0.39 is 6.03 Å². The smallest absolute Gasteiger partial charge is 0.320 e. The Kier molecular flexibility index (Phi) is 11.4. The van der Waals surface area contributed by atoms with Crippen LogP contribution in [0, 0.1) is 0 Å². The number of aromatic hydroxyl groups is 1. The lowest BCUT2D eigenvalue weighted by Crippen LogP contribution is -2.38. The molecule has 1 saturated heterocycles. The number of aromatic nitrogens is 5. The van der Waals surface area contributed by atoms with Crippen molar-refractivity contribution in [1.29, 1.82) is 0 Å². The van der Waals surface area contributed by atoms with Gasteiger partial charge in [0.1, 0.15) is 23.9 Å². The normalized spacial score (nSPS) is 13.6. The van der Waals surface area contributed by atoms with E-state index in [2.05, 4.69) is 46.5 Å². The molecule has 1 fully saturated rings. The molecule has 0 unspecified atom stereocenters. The maximum Gasteiger partial charge on any atom is 0.320 e. The third-order valence-electron chi connectivity index (χ3n) is 9.59. The number of benzene rings is 3. The number of ether oxygens (including phenoxy) is 2. The van der Waals surface area contributed by atoms with Gasteiger partial charge in [-0.05, 0) is 54.4 Å². The number of amides is 2. The van der Waals surface area contributed by atoms with Gasteiger partial charge >= 0.3 is 6.03 Å². The van der Waals surface area contributed by atoms with E-state index in [-0.39, 0.29) is 22.7 Å². The minimum Gasteiger partial charge on any atom is -0.506 e. The van der Waals surface area contributed by atoms with E-state index in [0.29, 0.717) is 18.1 Å². The quantitative estimate of drug-likeness (QED) is 0.108. The molecule has 0 aliphatic carbocycles. The summed E-state index contributed by atoms with van der Waals surface area (Å²) in [5, 5.41) is 30.2. The maximum atomic E-state index is 13.4. The van der Waals surface area contributed by atoms with Crippen molar-refractivity contribution in [2.24, 2.45) is 0 Å². The Morgan fingerprint density at radius 1 is 1.02 bits per heavy atom. The van der Waals surface area contributed by atoms with E-state index in [0.717, 1.165) is 83.1 Å². The van der Waals surface area contributed by atoms with Crippen LogP contribution < -0.4 is 15.4 Å². The van der Waals surface area contributed by atoms with Crippen LogP contribution in [0.25, 0.3) is 22.7 Å². The summed E-state index contributed by atoms with van der Waals surface area (Å²) in [5.41, 5.74) is 3.74. The van der Waals surface area contributed by atoms with E-state index in [1.807, 2.05) is 77.3 Å². The predicted molar refractivity (Wildman–Crippen MR) is 211 cm³/mol. The van der Waals surface area contributed by atoms with E-state index in [9.17, 15) is 9.90 Å². The summed E-state index contributed by atoms with van der Waals surface area (Å²) >= 11 is 7.67. The Morgan fingerprint density at radius 2 is 1.85 bits per heavy atom. The molecule has 12 nitrogen and oxygen atoms in total. The largest absolute Gasteiger partial charge is 0.506 e. The standard InChI is InChI=1S/C40H43ClN8O4S/c1-4-40(2,3)35-24-37(49(46-35)29-12-14-32(41)33(50)23-29)43-39(51)42-25-28-8-5-6-11-34(28)54-31-13-15-36-44-45-38(48(36)26-31)27-9-7-10-30(22-27)53-21-18-47-16-19-52-20-17-47/h5-15,22-24,26,50H,4,16-21,25H2,1-3H3,(H2,42,43,51). The van der Waals surface area contributed by atoms with Gasteiger partial charge in [0.05, 0.1) is 29.6 Å². The molecular formula is C40H43ClN8O4S. The van der Waals surface area contributed by atoms with Gasteiger partial charge in [-0.15, -0.1) is 10.2 Å². The number of morpholine rings is 1. The third kappa shape index (κ3) is 8.65. The molecule has 3 aromatic carbocycles. The summed E-state index contributed by atoms with van der Waals surface area (Å²) in [5.74, 6) is 1.90. The number of hydrogen-bond donors (Lipinski definition) is 3. The predicted octanol–water partition coefficient (Wildman–Crippen LogP) is 7.81. The maximum absolute atomic E-state index is 13.4. The number of carbonyl (C=O) groups is 1. The van der Waals surface area contributed by atoms with Gasteiger partial charge in [0.2, 0.25) is 0 Å². The number of halogens is 1. The van der Waals surface area contributed by atoms with Gasteiger partial charge in [-0.2, -0.15) is 5.10 Å². The van der Waals surface area contributed by atoms with E-state index >= 15 is 0 Å². The lowest BCUT2D eigenvalue weighted by atomic mass is 9.87. The Balaban J connectivity index is 1.04. The molecule has 2 amide bonds. The van der Waals surface area contributed by atoms with Crippen molar-refractivity contribution in [2.75, 3.05) is 44.8 Å². The summed E-state index contributed by atoms with van der Waals surface area (Å²) in [6.07, 6.45) is 2.88. The van der Waals surface area contributed by atoms with Crippen LogP contribution >= 0.6 is 23.4 Å². The molecule has 0 radical (unpaired) electrons. The summed E-state index contributed by atoms with van der Waals surface area (Å²) < 4.78 is 15.1. The van der Waals surface area contributed by atoms with Gasteiger partial charge < -0.3 is 19.9 Å². The summed E-state index contributed by atoms with van der Waals surface area (Å²) in [6.45, 7) is 11.4. The first-order chi connectivity index (χ1) is 26.2. The fraction of sp³-hybridized carbons (Fsp3) is 0.300. The van der Waals surface area contributed by atoms with Crippen LogP contribution in [0.2, 0.25) is 5.02 Å². The number of pyridine rings is 1. The number of phenolic OH excluding ortho intramolecular Hbond substituents is 1. The number of anilines is 1. The molecule has 1 aliphatic rings. The van der Waals surface area contributed by atoms with Crippen LogP contribution in [0.1, 0.15) is 38.4 Å². The molecular weight excluding hydrogens is 724 g/mol. The molecule has 7 rings (SSSR count). The fourth-order valence-corrected chi connectivity index (χ4v) is 7.08. The minimum atomic E-state index is -0.391. The van der Waals surface area contributed by atoms with Crippen molar-refractivity contribution < 1.29 is 19.4 Å². The molecule has 0 spiro atoms. The van der Waals surface area contributed by atoms with E-state index in [1.165, 1.54) is 6.07 Å². The van der Waals surface area contributed by atoms with Crippen molar-refractivity contribution in [2.45, 2.75) is 48.9 Å². The number of nitrogens with zero attached hydrogens (tertiary/aromatic N) is 6. The Hall–Kier alpha value is -5.08. The number of phenols is 1. The molecule has 0 atom stereocenters. The van der Waals surface area contributed by atoms with E-state index in [1.54, 1.807) is 28.6 Å². The summed E-state index contributed by atoms with van der Waals surface area (Å²) in [7, 11) is 0. The molecule has 0 bridgehead atoms. The first-order valence-electron chi connectivity index (χ1n) is 17.9. The molecule has 54 heavy (non-hydrogen) atoms. The Morgan fingerprint density at radius 3 is 2.67 bits per heavy atom.